The Labute approximate surface area is 140 Å². The van der Waals surface area contributed by atoms with Crippen molar-refractivity contribution in [3.63, 3.8) is 0 Å². The minimum absolute atomic E-state index is 0.208. The third kappa shape index (κ3) is 3.85. The number of carbonyl (C=O) groups excluding carboxylic acids is 2. The summed E-state index contributed by atoms with van der Waals surface area (Å²) in [7, 11) is 1.56. The van der Waals surface area contributed by atoms with Gasteiger partial charge < -0.3 is 24.8 Å². The Balaban J connectivity index is 1.43. The van der Waals surface area contributed by atoms with Crippen molar-refractivity contribution in [3.8, 4) is 5.75 Å². The first-order valence-corrected chi connectivity index (χ1v) is 8.15. The molecule has 2 amide bonds. The standard InChI is InChI=1S/C17H22N2O5/c1-22-13-6-4-12(5-7-13)19-16(21)15(20)18-10-14-11-23-17(24-14)8-2-3-9-17/h4-7,14H,2-3,8-11H2,1H3,(H,18,20)(H,19,21)/t14-/m0/s1. The smallest absolute Gasteiger partial charge is 0.313 e. The van der Waals surface area contributed by atoms with Crippen molar-refractivity contribution < 1.29 is 23.8 Å². The molecule has 0 bridgehead atoms. The second-order valence-electron chi connectivity index (χ2n) is 6.06. The highest BCUT2D eigenvalue weighted by Gasteiger charge is 2.43. The van der Waals surface area contributed by atoms with Crippen LogP contribution in [0, 0.1) is 0 Å². The second-order valence-corrected chi connectivity index (χ2v) is 6.06. The van der Waals surface area contributed by atoms with Crippen LogP contribution < -0.4 is 15.4 Å². The lowest BCUT2D eigenvalue weighted by atomic mass is 10.2. The van der Waals surface area contributed by atoms with Crippen molar-refractivity contribution in [1.29, 1.82) is 0 Å². The lowest BCUT2D eigenvalue weighted by Gasteiger charge is -2.21. The molecule has 0 radical (unpaired) electrons. The summed E-state index contributed by atoms with van der Waals surface area (Å²) in [5.41, 5.74) is 0.529. The molecule has 1 saturated heterocycles. The maximum absolute atomic E-state index is 11.9. The highest BCUT2D eigenvalue weighted by atomic mass is 16.7. The SMILES string of the molecule is COc1ccc(NC(=O)C(=O)NC[C@H]2COC3(CCCC3)O2)cc1. The number of rotatable bonds is 4. The first-order chi connectivity index (χ1) is 11.6. The predicted molar refractivity (Wildman–Crippen MR) is 86.7 cm³/mol. The number of amides is 2. The van der Waals surface area contributed by atoms with Gasteiger partial charge in [0.15, 0.2) is 5.79 Å². The Morgan fingerprint density at radius 1 is 1.21 bits per heavy atom. The van der Waals surface area contributed by atoms with Gasteiger partial charge in [-0.25, -0.2) is 0 Å². The van der Waals surface area contributed by atoms with Gasteiger partial charge in [-0.3, -0.25) is 9.59 Å². The largest absolute Gasteiger partial charge is 0.497 e. The molecule has 0 unspecified atom stereocenters. The van der Waals surface area contributed by atoms with E-state index in [-0.39, 0.29) is 12.6 Å². The Hall–Kier alpha value is -2.12. The van der Waals surface area contributed by atoms with Crippen LogP contribution in [-0.4, -0.2) is 44.0 Å². The van der Waals surface area contributed by atoms with E-state index in [0.717, 1.165) is 25.7 Å². The van der Waals surface area contributed by atoms with Gasteiger partial charge in [0, 0.05) is 25.1 Å². The fourth-order valence-corrected chi connectivity index (χ4v) is 3.04. The fourth-order valence-electron chi connectivity index (χ4n) is 3.04. The molecule has 2 fully saturated rings. The van der Waals surface area contributed by atoms with Crippen LogP contribution in [0.4, 0.5) is 5.69 Å². The van der Waals surface area contributed by atoms with Gasteiger partial charge in [-0.2, -0.15) is 0 Å². The van der Waals surface area contributed by atoms with E-state index in [1.807, 2.05) is 0 Å². The quantitative estimate of drug-likeness (QED) is 0.814. The molecule has 2 aliphatic rings. The van der Waals surface area contributed by atoms with Crippen molar-refractivity contribution in [3.05, 3.63) is 24.3 Å². The van der Waals surface area contributed by atoms with Crippen molar-refractivity contribution >= 4 is 17.5 Å². The highest BCUT2D eigenvalue weighted by Crippen LogP contribution is 2.38. The summed E-state index contributed by atoms with van der Waals surface area (Å²) in [5, 5.41) is 5.13. The summed E-state index contributed by atoms with van der Waals surface area (Å²) < 4.78 is 16.7. The zero-order chi connectivity index (χ0) is 17.0. The first-order valence-electron chi connectivity index (χ1n) is 8.15. The van der Waals surface area contributed by atoms with Gasteiger partial charge >= 0.3 is 11.8 Å². The first kappa shape index (κ1) is 16.7. The average molecular weight is 334 g/mol. The molecule has 24 heavy (non-hydrogen) atoms. The third-order valence-electron chi connectivity index (χ3n) is 4.32. The molecule has 1 heterocycles. The van der Waals surface area contributed by atoms with E-state index in [4.69, 9.17) is 14.2 Å². The number of ether oxygens (including phenoxy) is 3. The van der Waals surface area contributed by atoms with Crippen LogP contribution in [-0.2, 0) is 19.1 Å². The van der Waals surface area contributed by atoms with Crippen molar-refractivity contribution in [2.45, 2.75) is 37.6 Å². The zero-order valence-electron chi connectivity index (χ0n) is 13.7. The number of methoxy groups -OCH3 is 1. The van der Waals surface area contributed by atoms with Crippen molar-refractivity contribution in [2.75, 3.05) is 25.6 Å². The van der Waals surface area contributed by atoms with Crippen LogP contribution in [0.15, 0.2) is 24.3 Å². The molecule has 3 rings (SSSR count). The summed E-state index contributed by atoms with van der Waals surface area (Å²) in [6.07, 6.45) is 3.79. The minimum atomic E-state index is -0.713. The average Bonchev–Trinajstić information content (AvgIpc) is 3.23. The van der Waals surface area contributed by atoms with Crippen LogP contribution in [0.5, 0.6) is 5.75 Å². The van der Waals surface area contributed by atoms with Crippen LogP contribution in [0.3, 0.4) is 0 Å². The molecule has 1 saturated carbocycles. The molecule has 1 spiro atoms. The Bertz CT molecular complexity index is 596. The molecule has 2 N–H and O–H groups in total. The van der Waals surface area contributed by atoms with E-state index in [1.54, 1.807) is 31.4 Å². The summed E-state index contributed by atoms with van der Waals surface area (Å²) in [4.78, 5) is 23.8. The topological polar surface area (TPSA) is 85.9 Å². The summed E-state index contributed by atoms with van der Waals surface area (Å²) in [6.45, 7) is 0.705. The van der Waals surface area contributed by atoms with Crippen molar-refractivity contribution in [1.82, 2.24) is 5.32 Å². The van der Waals surface area contributed by atoms with Gasteiger partial charge in [-0.1, -0.05) is 0 Å². The number of hydrogen-bond acceptors (Lipinski definition) is 5. The van der Waals surface area contributed by atoms with Crippen LogP contribution >= 0.6 is 0 Å². The Kier molecular flexibility index (Phi) is 5.01. The van der Waals surface area contributed by atoms with Gasteiger partial charge in [0.05, 0.1) is 13.7 Å². The maximum atomic E-state index is 11.9. The second kappa shape index (κ2) is 7.19. The molecule has 0 aromatic heterocycles. The van der Waals surface area contributed by atoms with E-state index in [0.29, 0.717) is 18.0 Å². The third-order valence-corrected chi connectivity index (χ3v) is 4.32. The summed E-state index contributed by atoms with van der Waals surface area (Å²) >= 11 is 0. The number of carbonyl (C=O) groups is 2. The van der Waals surface area contributed by atoms with Crippen molar-refractivity contribution in [2.24, 2.45) is 0 Å². The number of benzene rings is 1. The summed E-state index contributed by atoms with van der Waals surface area (Å²) in [5.74, 6) is -1.19. The number of nitrogens with one attached hydrogen (secondary N) is 2. The van der Waals surface area contributed by atoms with E-state index in [1.165, 1.54) is 0 Å². The Morgan fingerprint density at radius 2 is 1.92 bits per heavy atom. The molecular weight excluding hydrogens is 312 g/mol. The van der Waals surface area contributed by atoms with E-state index >= 15 is 0 Å². The maximum Gasteiger partial charge on any atom is 0.313 e. The molecule has 1 aromatic carbocycles. The van der Waals surface area contributed by atoms with E-state index in [2.05, 4.69) is 10.6 Å². The molecule has 7 nitrogen and oxygen atoms in total. The van der Waals surface area contributed by atoms with E-state index < -0.39 is 17.6 Å². The predicted octanol–water partition coefficient (Wildman–Crippen LogP) is 1.44. The molecule has 1 aromatic rings. The number of hydrogen-bond donors (Lipinski definition) is 2. The van der Waals surface area contributed by atoms with E-state index in [9.17, 15) is 9.59 Å². The van der Waals surface area contributed by atoms with Crippen LogP contribution in [0.1, 0.15) is 25.7 Å². The lowest BCUT2D eigenvalue weighted by Crippen LogP contribution is -2.40. The van der Waals surface area contributed by atoms with Crippen LogP contribution in [0.2, 0.25) is 0 Å². The van der Waals surface area contributed by atoms with Gasteiger partial charge in [0.25, 0.3) is 0 Å². The lowest BCUT2D eigenvalue weighted by molar-refractivity contribution is -0.161. The molecule has 130 valence electrons. The molecule has 7 heteroatoms. The summed E-state index contributed by atoms with van der Waals surface area (Å²) in [6, 6.07) is 6.75. The van der Waals surface area contributed by atoms with Crippen LogP contribution in [0.25, 0.3) is 0 Å². The zero-order valence-corrected chi connectivity index (χ0v) is 13.7. The molecule has 1 aliphatic carbocycles. The molecular formula is C17H22N2O5. The van der Waals surface area contributed by atoms with Gasteiger partial charge in [-0.05, 0) is 37.1 Å². The molecule has 1 atom stereocenters. The normalized spacial score (nSPS) is 21.6. The Morgan fingerprint density at radius 3 is 2.58 bits per heavy atom. The number of anilines is 1. The molecule has 1 aliphatic heterocycles. The van der Waals surface area contributed by atoms with Gasteiger partial charge in [0.1, 0.15) is 11.9 Å². The van der Waals surface area contributed by atoms with Gasteiger partial charge in [-0.15, -0.1) is 0 Å². The highest BCUT2D eigenvalue weighted by molar-refractivity contribution is 6.39. The monoisotopic (exact) mass is 334 g/mol. The minimum Gasteiger partial charge on any atom is -0.497 e. The fraction of sp³-hybridized carbons (Fsp3) is 0.529. The van der Waals surface area contributed by atoms with Gasteiger partial charge in [0.2, 0.25) is 0 Å².